The zero-order valence-electron chi connectivity index (χ0n) is 12.6. The number of halogens is 3. The number of thioether (sulfide) groups is 2. The van der Waals surface area contributed by atoms with Gasteiger partial charge in [0.25, 0.3) is 0 Å². The van der Waals surface area contributed by atoms with Gasteiger partial charge < -0.3 is 4.74 Å². The highest BCUT2D eigenvalue weighted by molar-refractivity contribution is 8.18. The van der Waals surface area contributed by atoms with Crippen molar-refractivity contribution in [2.45, 2.75) is 36.1 Å². The Hall–Kier alpha value is -1.02. The maximum atomic E-state index is 13.5. The minimum Gasteiger partial charge on any atom is -0.428 e. The number of rotatable bonds is 1. The molecule has 1 saturated heterocycles. The molecule has 23 heavy (non-hydrogen) atoms. The third-order valence-corrected chi connectivity index (χ3v) is 7.44. The Morgan fingerprint density at radius 1 is 1.22 bits per heavy atom. The van der Waals surface area contributed by atoms with Gasteiger partial charge in [-0.3, -0.25) is 5.32 Å². The van der Waals surface area contributed by atoms with Gasteiger partial charge >= 0.3 is 12.3 Å². The van der Waals surface area contributed by atoms with Crippen molar-refractivity contribution >= 4 is 35.3 Å². The van der Waals surface area contributed by atoms with Crippen LogP contribution in [0, 0.1) is 0 Å². The molecular formula is C15H16F3NO2S2. The van der Waals surface area contributed by atoms with Crippen molar-refractivity contribution in [3.05, 3.63) is 29.3 Å². The first-order valence-electron chi connectivity index (χ1n) is 7.15. The molecule has 0 radical (unpaired) electrons. The highest BCUT2D eigenvalue weighted by atomic mass is 32.2. The average molecular weight is 363 g/mol. The zero-order valence-corrected chi connectivity index (χ0v) is 14.3. The van der Waals surface area contributed by atoms with Crippen molar-refractivity contribution in [1.82, 2.24) is 0 Å². The summed E-state index contributed by atoms with van der Waals surface area (Å²) in [5.41, 5.74) is -1.73. The van der Waals surface area contributed by atoms with E-state index in [-0.39, 0.29) is 15.3 Å². The van der Waals surface area contributed by atoms with Gasteiger partial charge in [-0.1, -0.05) is 6.07 Å². The van der Waals surface area contributed by atoms with Crippen molar-refractivity contribution in [2.75, 3.05) is 16.8 Å². The van der Waals surface area contributed by atoms with Crippen molar-refractivity contribution < 1.29 is 22.7 Å². The molecule has 126 valence electrons. The van der Waals surface area contributed by atoms with Gasteiger partial charge in [-0.05, 0) is 49.5 Å². The van der Waals surface area contributed by atoms with Crippen LogP contribution in [0.15, 0.2) is 18.2 Å². The number of amides is 1. The maximum Gasteiger partial charge on any atom is 0.432 e. The number of cyclic esters (lactones) is 1. The monoisotopic (exact) mass is 363 g/mol. The number of ether oxygens (including phenoxy) is 1. The molecule has 1 atom stereocenters. The summed E-state index contributed by atoms with van der Waals surface area (Å²) in [6, 6.07) is 4.84. The minimum absolute atomic E-state index is 0.0462. The van der Waals surface area contributed by atoms with Gasteiger partial charge in [0.2, 0.25) is 5.60 Å². The third-order valence-electron chi connectivity index (χ3n) is 4.18. The number of carbonyl (C=O) groups is 1. The van der Waals surface area contributed by atoms with Crippen LogP contribution in [-0.4, -0.2) is 23.8 Å². The average Bonchev–Trinajstić information content (AvgIpc) is 2.46. The number of hydrogen-bond acceptors (Lipinski definition) is 4. The van der Waals surface area contributed by atoms with Crippen LogP contribution < -0.4 is 5.32 Å². The van der Waals surface area contributed by atoms with Crippen LogP contribution in [0.2, 0.25) is 0 Å². The number of hydrogen-bond donors (Lipinski definition) is 1. The first kappa shape index (κ1) is 16.8. The molecular weight excluding hydrogens is 347 g/mol. The van der Waals surface area contributed by atoms with E-state index in [9.17, 15) is 18.0 Å². The summed E-state index contributed by atoms with van der Waals surface area (Å²) in [6.45, 7) is 2.92. The number of alkyl halides is 3. The van der Waals surface area contributed by atoms with Crippen LogP contribution in [0.25, 0.3) is 0 Å². The van der Waals surface area contributed by atoms with E-state index in [0.29, 0.717) is 0 Å². The van der Waals surface area contributed by atoms with Gasteiger partial charge in [-0.2, -0.15) is 13.2 Å². The molecule has 2 heterocycles. The van der Waals surface area contributed by atoms with E-state index in [1.165, 1.54) is 12.1 Å². The molecule has 3 nitrogen and oxygen atoms in total. The van der Waals surface area contributed by atoms with E-state index in [1.54, 1.807) is 29.6 Å². The maximum absolute atomic E-state index is 13.5. The number of nitrogens with one attached hydrogen (secondary N) is 1. The van der Waals surface area contributed by atoms with Crippen LogP contribution >= 0.6 is 23.5 Å². The van der Waals surface area contributed by atoms with Crippen LogP contribution in [-0.2, 0) is 14.4 Å². The first-order valence-corrected chi connectivity index (χ1v) is 9.12. The molecule has 2 aliphatic heterocycles. The van der Waals surface area contributed by atoms with Gasteiger partial charge in [0.15, 0.2) is 0 Å². The van der Waals surface area contributed by atoms with Gasteiger partial charge in [0.1, 0.15) is 0 Å². The Morgan fingerprint density at radius 3 is 2.48 bits per heavy atom. The summed E-state index contributed by atoms with van der Waals surface area (Å²) in [4.78, 5) is 11.5. The normalized spacial score (nSPS) is 26.9. The molecule has 1 N–H and O–H groups in total. The molecule has 3 rings (SSSR count). The lowest BCUT2D eigenvalue weighted by Crippen LogP contribution is -2.48. The highest BCUT2D eigenvalue weighted by Crippen LogP contribution is 2.53. The summed E-state index contributed by atoms with van der Waals surface area (Å²) in [5.74, 6) is 1.95. The van der Waals surface area contributed by atoms with Crippen LogP contribution in [0.3, 0.4) is 0 Å². The zero-order chi connectivity index (χ0) is 16.9. The Balaban J connectivity index is 2.10. The fourth-order valence-electron chi connectivity index (χ4n) is 2.72. The number of benzene rings is 1. The molecule has 1 amide bonds. The van der Waals surface area contributed by atoms with Crippen molar-refractivity contribution in [2.24, 2.45) is 0 Å². The summed E-state index contributed by atoms with van der Waals surface area (Å²) in [5, 5.41) is 2.36. The van der Waals surface area contributed by atoms with Crippen molar-refractivity contribution in [3.8, 4) is 0 Å². The van der Waals surface area contributed by atoms with E-state index in [4.69, 9.17) is 0 Å². The smallest absolute Gasteiger partial charge is 0.428 e. The number of anilines is 1. The predicted molar refractivity (Wildman–Crippen MR) is 86.8 cm³/mol. The van der Waals surface area contributed by atoms with E-state index < -0.39 is 17.9 Å². The number of carbonyl (C=O) groups excluding carboxylic acids is 1. The van der Waals surface area contributed by atoms with Gasteiger partial charge in [0.05, 0.1) is 9.77 Å². The summed E-state index contributed by atoms with van der Waals surface area (Å²) < 4.78 is 45.0. The predicted octanol–water partition coefficient (Wildman–Crippen LogP) is 5.07. The van der Waals surface area contributed by atoms with Crippen LogP contribution in [0.1, 0.15) is 31.4 Å². The molecule has 1 unspecified atom stereocenters. The van der Waals surface area contributed by atoms with E-state index in [2.05, 4.69) is 10.1 Å². The van der Waals surface area contributed by atoms with Gasteiger partial charge in [0, 0.05) is 5.56 Å². The standard InChI is InChI=1S/C15H16F3NO2S2/c1-13(15(16,17)18)10-8-9(14(2)22-6-3-7-23-14)4-5-11(10)19-12(20)21-13/h4-5,8H,3,6-7H2,1-2H3,(H,19,20). The third kappa shape index (κ3) is 2.80. The second kappa shape index (κ2) is 5.51. The molecule has 0 aromatic heterocycles. The summed E-state index contributed by atoms with van der Waals surface area (Å²) in [7, 11) is 0. The Bertz CT molecular complexity index is 644. The SMILES string of the molecule is CC1(c2ccc3c(c2)C(C)(C(F)(F)F)OC(=O)N3)SCCCS1. The molecule has 1 aromatic rings. The molecule has 0 aliphatic carbocycles. The van der Waals surface area contributed by atoms with Crippen LogP contribution in [0.4, 0.5) is 23.7 Å². The van der Waals surface area contributed by atoms with Crippen molar-refractivity contribution in [1.29, 1.82) is 0 Å². The lowest BCUT2D eigenvalue weighted by atomic mass is 9.90. The molecule has 0 saturated carbocycles. The lowest BCUT2D eigenvalue weighted by Gasteiger charge is -2.39. The number of fused-ring (bicyclic) bond motifs is 1. The van der Waals surface area contributed by atoms with Gasteiger partial charge in [-0.25, -0.2) is 4.79 Å². The minimum atomic E-state index is -4.69. The van der Waals surface area contributed by atoms with E-state index in [0.717, 1.165) is 30.4 Å². The summed E-state index contributed by atoms with van der Waals surface area (Å²) in [6.07, 6.45) is -4.68. The fraction of sp³-hybridized carbons (Fsp3) is 0.533. The quantitative estimate of drug-likeness (QED) is 0.756. The first-order chi connectivity index (χ1) is 10.7. The highest BCUT2D eigenvalue weighted by Gasteiger charge is 2.59. The Kier molecular flexibility index (Phi) is 4.03. The van der Waals surface area contributed by atoms with E-state index in [1.807, 2.05) is 6.92 Å². The molecule has 2 aliphatic rings. The second-order valence-corrected chi connectivity index (χ2v) is 9.09. The topological polar surface area (TPSA) is 38.3 Å². The molecule has 0 spiro atoms. The van der Waals surface area contributed by atoms with Crippen molar-refractivity contribution in [3.63, 3.8) is 0 Å². The van der Waals surface area contributed by atoms with Crippen LogP contribution in [0.5, 0.6) is 0 Å². The second-order valence-electron chi connectivity index (χ2n) is 5.80. The molecule has 1 fully saturated rings. The van der Waals surface area contributed by atoms with Gasteiger partial charge in [-0.15, -0.1) is 23.5 Å². The fourth-order valence-corrected chi connectivity index (χ4v) is 5.68. The summed E-state index contributed by atoms with van der Waals surface area (Å²) >= 11 is 3.46. The Morgan fingerprint density at radius 2 is 1.87 bits per heavy atom. The lowest BCUT2D eigenvalue weighted by molar-refractivity contribution is -0.257. The Labute approximate surface area is 140 Å². The molecule has 1 aromatic carbocycles. The largest absolute Gasteiger partial charge is 0.432 e. The molecule has 0 bridgehead atoms. The van der Waals surface area contributed by atoms with E-state index >= 15 is 0 Å². The molecule has 8 heteroatoms.